The van der Waals surface area contributed by atoms with Crippen LogP contribution in [0.15, 0.2) is 18.2 Å². The van der Waals surface area contributed by atoms with Crippen molar-refractivity contribution in [1.82, 2.24) is 5.32 Å². The van der Waals surface area contributed by atoms with E-state index in [0.29, 0.717) is 0 Å². The summed E-state index contributed by atoms with van der Waals surface area (Å²) in [6.45, 7) is 5.70. The third-order valence-corrected chi connectivity index (χ3v) is 2.56. The van der Waals surface area contributed by atoms with E-state index in [0.717, 1.165) is 12.1 Å². The highest BCUT2D eigenvalue weighted by Gasteiger charge is 2.14. The highest BCUT2D eigenvalue weighted by molar-refractivity contribution is 5.89. The molecule has 2 amide bonds. The van der Waals surface area contributed by atoms with Gasteiger partial charge in [-0.3, -0.25) is 0 Å². The molecule has 0 aromatic heterocycles. The quantitative estimate of drug-likeness (QED) is 0.840. The maximum Gasteiger partial charge on any atom is 0.319 e. The van der Waals surface area contributed by atoms with Crippen LogP contribution in [0.4, 0.5) is 19.3 Å². The Hall–Kier alpha value is -1.65. The molecular weight excluding hydrogens is 226 g/mol. The average molecular weight is 242 g/mol. The number of anilines is 1. The Labute approximate surface area is 99.2 Å². The van der Waals surface area contributed by atoms with Crippen LogP contribution in [0, 0.1) is 17.6 Å². The second-order valence-electron chi connectivity index (χ2n) is 4.23. The van der Waals surface area contributed by atoms with Gasteiger partial charge in [-0.2, -0.15) is 0 Å². The highest BCUT2D eigenvalue weighted by atomic mass is 19.1. The fourth-order valence-electron chi connectivity index (χ4n) is 1.14. The molecule has 3 nitrogen and oxygen atoms in total. The fourth-order valence-corrected chi connectivity index (χ4v) is 1.14. The zero-order valence-electron chi connectivity index (χ0n) is 10.1. The monoisotopic (exact) mass is 242 g/mol. The summed E-state index contributed by atoms with van der Waals surface area (Å²) in [6, 6.07) is 2.72. The lowest BCUT2D eigenvalue weighted by Gasteiger charge is -2.18. The molecule has 0 aliphatic heterocycles. The van der Waals surface area contributed by atoms with Crippen molar-refractivity contribution in [2.24, 2.45) is 5.92 Å². The molecule has 0 spiro atoms. The van der Waals surface area contributed by atoms with E-state index in [-0.39, 0.29) is 12.0 Å². The Morgan fingerprint density at radius 3 is 2.18 bits per heavy atom. The molecule has 1 aromatic carbocycles. The number of hydrogen-bond acceptors (Lipinski definition) is 1. The zero-order chi connectivity index (χ0) is 13.0. The minimum Gasteiger partial charge on any atom is -0.335 e. The van der Waals surface area contributed by atoms with Gasteiger partial charge in [0.05, 0.1) is 0 Å². The number of carbonyl (C=O) groups excluding carboxylic acids is 1. The van der Waals surface area contributed by atoms with Crippen molar-refractivity contribution in [2.75, 3.05) is 5.32 Å². The van der Waals surface area contributed by atoms with Crippen molar-refractivity contribution in [2.45, 2.75) is 26.8 Å². The molecule has 0 bridgehead atoms. The van der Waals surface area contributed by atoms with Crippen molar-refractivity contribution < 1.29 is 13.6 Å². The number of amides is 2. The average Bonchev–Trinajstić information content (AvgIpc) is 2.23. The van der Waals surface area contributed by atoms with E-state index in [1.165, 1.54) is 6.07 Å². The number of halogens is 2. The molecule has 1 rings (SSSR count). The lowest BCUT2D eigenvalue weighted by molar-refractivity contribution is 0.245. The molecule has 2 N–H and O–H groups in total. The van der Waals surface area contributed by atoms with E-state index in [4.69, 9.17) is 0 Å². The number of nitrogens with one attached hydrogen (secondary N) is 2. The van der Waals surface area contributed by atoms with Crippen LogP contribution in [0.25, 0.3) is 0 Å². The van der Waals surface area contributed by atoms with Gasteiger partial charge in [0, 0.05) is 6.04 Å². The van der Waals surface area contributed by atoms with Crippen molar-refractivity contribution >= 4 is 11.7 Å². The molecule has 5 heteroatoms. The topological polar surface area (TPSA) is 41.1 Å². The van der Waals surface area contributed by atoms with E-state index in [1.807, 2.05) is 20.8 Å². The smallest absolute Gasteiger partial charge is 0.319 e. The molecule has 0 aliphatic rings. The number of hydrogen-bond donors (Lipinski definition) is 2. The van der Waals surface area contributed by atoms with E-state index >= 15 is 0 Å². The van der Waals surface area contributed by atoms with Crippen LogP contribution >= 0.6 is 0 Å². The molecular formula is C12H16F2N2O. The van der Waals surface area contributed by atoms with Gasteiger partial charge in [-0.15, -0.1) is 0 Å². The molecule has 0 radical (unpaired) electrons. The maximum absolute atomic E-state index is 13.2. The van der Waals surface area contributed by atoms with Crippen LogP contribution in [0.2, 0.25) is 0 Å². The van der Waals surface area contributed by atoms with Crippen molar-refractivity contribution in [3.63, 3.8) is 0 Å². The van der Waals surface area contributed by atoms with Crippen LogP contribution in [-0.2, 0) is 0 Å². The molecule has 1 atom stereocenters. The first-order valence-corrected chi connectivity index (χ1v) is 5.43. The Balaban J connectivity index is 2.69. The van der Waals surface area contributed by atoms with Gasteiger partial charge in [0.25, 0.3) is 0 Å². The Kier molecular flexibility index (Phi) is 4.43. The summed E-state index contributed by atoms with van der Waals surface area (Å²) in [5, 5.41) is 4.76. The minimum atomic E-state index is -0.794. The zero-order valence-corrected chi connectivity index (χ0v) is 10.1. The molecule has 0 saturated heterocycles. The van der Waals surface area contributed by atoms with Crippen LogP contribution in [-0.4, -0.2) is 12.1 Å². The number of urea groups is 1. The summed E-state index contributed by atoms with van der Waals surface area (Å²) in [6.07, 6.45) is 0. The van der Waals surface area contributed by atoms with Gasteiger partial charge in [0.15, 0.2) is 0 Å². The molecule has 0 fully saturated rings. The van der Waals surface area contributed by atoms with Crippen molar-refractivity contribution in [3.8, 4) is 0 Å². The Bertz CT molecular complexity index is 387. The van der Waals surface area contributed by atoms with Gasteiger partial charge in [-0.05, 0) is 25.0 Å². The van der Waals surface area contributed by atoms with Crippen molar-refractivity contribution in [1.29, 1.82) is 0 Å². The first-order chi connectivity index (χ1) is 7.91. The third kappa shape index (κ3) is 3.69. The Morgan fingerprint density at radius 2 is 1.71 bits per heavy atom. The predicted molar refractivity (Wildman–Crippen MR) is 62.8 cm³/mol. The van der Waals surface area contributed by atoms with Gasteiger partial charge in [0.2, 0.25) is 0 Å². The SMILES string of the molecule is CC(C)C(C)NC(=O)Nc1c(F)cccc1F. The standard InChI is InChI=1S/C12H16F2N2O/c1-7(2)8(3)15-12(17)16-11-9(13)5-4-6-10(11)14/h4-8H,1-3H3,(H2,15,16,17). The lowest BCUT2D eigenvalue weighted by Crippen LogP contribution is -2.39. The number of rotatable bonds is 3. The normalized spacial score (nSPS) is 12.4. The van der Waals surface area contributed by atoms with Crippen LogP contribution in [0.5, 0.6) is 0 Å². The summed E-state index contributed by atoms with van der Waals surface area (Å²) in [5.74, 6) is -1.35. The predicted octanol–water partition coefficient (Wildman–Crippen LogP) is 3.13. The fraction of sp³-hybridized carbons (Fsp3) is 0.417. The van der Waals surface area contributed by atoms with Gasteiger partial charge in [-0.25, -0.2) is 13.6 Å². The molecule has 0 aliphatic carbocycles. The van der Waals surface area contributed by atoms with E-state index in [2.05, 4.69) is 10.6 Å². The van der Waals surface area contributed by atoms with E-state index < -0.39 is 23.4 Å². The molecule has 0 heterocycles. The maximum atomic E-state index is 13.2. The molecule has 94 valence electrons. The summed E-state index contributed by atoms with van der Waals surface area (Å²) in [5.41, 5.74) is -0.430. The summed E-state index contributed by atoms with van der Waals surface area (Å²) in [4.78, 5) is 11.5. The lowest BCUT2D eigenvalue weighted by atomic mass is 10.1. The summed E-state index contributed by atoms with van der Waals surface area (Å²) >= 11 is 0. The molecule has 0 saturated carbocycles. The van der Waals surface area contributed by atoms with Gasteiger partial charge in [0.1, 0.15) is 17.3 Å². The van der Waals surface area contributed by atoms with E-state index in [9.17, 15) is 13.6 Å². The largest absolute Gasteiger partial charge is 0.335 e. The van der Waals surface area contributed by atoms with Gasteiger partial charge >= 0.3 is 6.03 Å². The van der Waals surface area contributed by atoms with Crippen LogP contribution in [0.1, 0.15) is 20.8 Å². The summed E-state index contributed by atoms with van der Waals surface area (Å²) < 4.78 is 26.4. The third-order valence-electron chi connectivity index (χ3n) is 2.56. The first-order valence-electron chi connectivity index (χ1n) is 5.43. The van der Waals surface area contributed by atoms with Crippen LogP contribution < -0.4 is 10.6 Å². The second-order valence-corrected chi connectivity index (χ2v) is 4.23. The minimum absolute atomic E-state index is 0.0789. The number of carbonyl (C=O) groups is 1. The van der Waals surface area contributed by atoms with Crippen LogP contribution in [0.3, 0.4) is 0 Å². The Morgan fingerprint density at radius 1 is 1.18 bits per heavy atom. The molecule has 17 heavy (non-hydrogen) atoms. The number of para-hydroxylation sites is 1. The highest BCUT2D eigenvalue weighted by Crippen LogP contribution is 2.17. The second kappa shape index (κ2) is 5.61. The first kappa shape index (κ1) is 13.4. The van der Waals surface area contributed by atoms with Gasteiger partial charge in [-0.1, -0.05) is 19.9 Å². The van der Waals surface area contributed by atoms with Gasteiger partial charge < -0.3 is 10.6 Å². The molecule has 1 unspecified atom stereocenters. The molecule has 1 aromatic rings. The van der Waals surface area contributed by atoms with E-state index in [1.54, 1.807) is 0 Å². The van der Waals surface area contributed by atoms with Crippen molar-refractivity contribution in [3.05, 3.63) is 29.8 Å². The number of benzene rings is 1. The summed E-state index contributed by atoms with van der Waals surface area (Å²) in [7, 11) is 0.